The van der Waals surface area contributed by atoms with Crippen LogP contribution in [0.15, 0.2) is 34.7 Å². The Labute approximate surface area is 193 Å². The van der Waals surface area contributed by atoms with E-state index < -0.39 is 11.9 Å². The number of phenolic OH excluding ortho intramolecular Hbond substituents is 1. The van der Waals surface area contributed by atoms with Gasteiger partial charge in [0.15, 0.2) is 17.3 Å². The lowest BCUT2D eigenvalue weighted by molar-refractivity contribution is -0.144. The predicted molar refractivity (Wildman–Crippen MR) is 122 cm³/mol. The number of halogens is 1. The average Bonchev–Trinajstić information content (AvgIpc) is 3.20. The molecular weight excluding hydrogens is 430 g/mol. The fraction of sp³-hybridized carbons (Fsp3) is 0.520. The molecule has 1 aromatic carbocycles. The Kier molecular flexibility index (Phi) is 6.01. The fourth-order valence-electron chi connectivity index (χ4n) is 5.18. The number of carbonyl (C=O) groups is 2. The normalized spacial score (nSPS) is 23.2. The van der Waals surface area contributed by atoms with Gasteiger partial charge in [0.1, 0.15) is 6.10 Å². The van der Waals surface area contributed by atoms with Crippen molar-refractivity contribution in [1.82, 2.24) is 5.32 Å². The van der Waals surface area contributed by atoms with Crippen molar-refractivity contribution in [3.63, 3.8) is 0 Å². The molecule has 1 fully saturated rings. The van der Waals surface area contributed by atoms with E-state index >= 15 is 0 Å². The molecule has 1 aromatic rings. The van der Waals surface area contributed by atoms with Crippen molar-refractivity contribution in [3.8, 4) is 11.5 Å². The lowest BCUT2D eigenvalue weighted by Gasteiger charge is -2.39. The topological polar surface area (TPSA) is 84.9 Å². The highest BCUT2D eigenvalue weighted by Crippen LogP contribution is 2.49. The van der Waals surface area contributed by atoms with Gasteiger partial charge in [-0.05, 0) is 62.1 Å². The highest BCUT2D eigenvalue weighted by atomic mass is 35.5. The molecule has 1 unspecified atom stereocenters. The maximum atomic E-state index is 13.4. The van der Waals surface area contributed by atoms with Gasteiger partial charge in [0.2, 0.25) is 0 Å². The molecule has 0 saturated heterocycles. The van der Waals surface area contributed by atoms with E-state index in [9.17, 15) is 14.7 Å². The van der Waals surface area contributed by atoms with Gasteiger partial charge in [-0.2, -0.15) is 0 Å². The molecule has 3 aliphatic rings. The predicted octanol–water partition coefficient (Wildman–Crippen LogP) is 5.14. The van der Waals surface area contributed by atoms with Crippen LogP contribution >= 0.6 is 11.6 Å². The number of methoxy groups -OCH3 is 1. The van der Waals surface area contributed by atoms with E-state index in [-0.39, 0.29) is 33.8 Å². The second-order valence-electron chi connectivity index (χ2n) is 9.80. The first-order chi connectivity index (χ1) is 15.1. The summed E-state index contributed by atoms with van der Waals surface area (Å²) in [7, 11) is 1.44. The number of nitrogens with one attached hydrogen (secondary N) is 1. The van der Waals surface area contributed by atoms with Gasteiger partial charge in [0.05, 0.1) is 17.7 Å². The summed E-state index contributed by atoms with van der Waals surface area (Å²) in [5.74, 6) is -1.04. The minimum Gasteiger partial charge on any atom is -0.503 e. The third-order valence-corrected chi connectivity index (χ3v) is 6.93. The number of ketones is 1. The molecule has 4 rings (SSSR count). The number of hydrogen-bond donors (Lipinski definition) is 2. The van der Waals surface area contributed by atoms with E-state index in [2.05, 4.69) is 19.2 Å². The summed E-state index contributed by atoms with van der Waals surface area (Å²) in [5, 5.41) is 13.7. The van der Waals surface area contributed by atoms with Gasteiger partial charge >= 0.3 is 5.97 Å². The second-order valence-corrected chi connectivity index (χ2v) is 10.2. The van der Waals surface area contributed by atoms with Gasteiger partial charge in [-0.25, -0.2) is 4.79 Å². The third-order valence-electron chi connectivity index (χ3n) is 6.64. The van der Waals surface area contributed by atoms with Crippen molar-refractivity contribution in [3.05, 3.63) is 45.3 Å². The van der Waals surface area contributed by atoms with Crippen LogP contribution in [0, 0.1) is 5.41 Å². The summed E-state index contributed by atoms with van der Waals surface area (Å²) in [6.07, 6.45) is 4.79. The van der Waals surface area contributed by atoms with E-state index in [1.165, 1.54) is 7.11 Å². The van der Waals surface area contributed by atoms with Crippen molar-refractivity contribution < 1.29 is 24.2 Å². The van der Waals surface area contributed by atoms with Crippen molar-refractivity contribution in [2.24, 2.45) is 5.41 Å². The number of Topliss-reactive ketones (excluding diaryl/α,β-unsaturated/α-hetero) is 1. The molecule has 0 aromatic heterocycles. The quantitative estimate of drug-likeness (QED) is 0.606. The van der Waals surface area contributed by atoms with Crippen molar-refractivity contribution in [2.75, 3.05) is 7.11 Å². The van der Waals surface area contributed by atoms with Crippen molar-refractivity contribution >= 4 is 23.4 Å². The first kappa shape index (κ1) is 22.7. The summed E-state index contributed by atoms with van der Waals surface area (Å²) in [4.78, 5) is 26.8. The number of aromatic hydroxyl groups is 1. The Bertz CT molecular complexity index is 1030. The van der Waals surface area contributed by atoms with Crippen LogP contribution in [0.25, 0.3) is 0 Å². The Morgan fingerprint density at radius 1 is 1.22 bits per heavy atom. The van der Waals surface area contributed by atoms with Gasteiger partial charge in [-0.1, -0.05) is 25.4 Å². The molecule has 1 atom stereocenters. The number of rotatable bonds is 4. The second kappa shape index (κ2) is 8.47. The molecule has 1 heterocycles. The molecule has 7 heteroatoms. The van der Waals surface area contributed by atoms with Gasteiger partial charge in [0.25, 0.3) is 0 Å². The number of ether oxygens (including phenoxy) is 2. The third kappa shape index (κ3) is 4.13. The van der Waals surface area contributed by atoms with E-state index in [0.29, 0.717) is 35.2 Å². The van der Waals surface area contributed by atoms with Crippen LogP contribution in [0.2, 0.25) is 5.02 Å². The Hall–Kier alpha value is -2.47. The molecule has 6 nitrogen and oxygen atoms in total. The minimum atomic E-state index is -0.643. The van der Waals surface area contributed by atoms with Crippen LogP contribution in [0.5, 0.6) is 11.5 Å². The van der Waals surface area contributed by atoms with E-state index in [4.69, 9.17) is 21.1 Å². The lowest BCUT2D eigenvalue weighted by atomic mass is 9.68. The van der Waals surface area contributed by atoms with E-state index in [1.54, 1.807) is 12.1 Å². The van der Waals surface area contributed by atoms with Crippen molar-refractivity contribution in [1.29, 1.82) is 0 Å². The Balaban J connectivity index is 1.85. The van der Waals surface area contributed by atoms with Crippen LogP contribution in [-0.4, -0.2) is 30.1 Å². The number of phenols is 1. The molecule has 1 saturated carbocycles. The van der Waals surface area contributed by atoms with E-state index in [0.717, 1.165) is 31.4 Å². The van der Waals surface area contributed by atoms with Crippen LogP contribution in [-0.2, 0) is 14.3 Å². The van der Waals surface area contributed by atoms with Crippen LogP contribution in [0.3, 0.4) is 0 Å². The number of allylic oxidation sites excluding steroid dienone is 3. The fourth-order valence-corrected chi connectivity index (χ4v) is 5.40. The first-order valence-electron chi connectivity index (χ1n) is 11.1. The van der Waals surface area contributed by atoms with Gasteiger partial charge < -0.3 is 19.9 Å². The molecule has 1 aliphatic heterocycles. The van der Waals surface area contributed by atoms with Crippen molar-refractivity contribution in [2.45, 2.75) is 71.3 Å². The summed E-state index contributed by atoms with van der Waals surface area (Å²) in [6, 6.07) is 3.24. The van der Waals surface area contributed by atoms with Gasteiger partial charge in [0, 0.05) is 29.3 Å². The summed E-state index contributed by atoms with van der Waals surface area (Å²) in [6.45, 7) is 5.97. The molecule has 32 heavy (non-hydrogen) atoms. The smallest absolute Gasteiger partial charge is 0.337 e. The zero-order valence-electron chi connectivity index (χ0n) is 19.0. The molecule has 2 N–H and O–H groups in total. The first-order valence-corrected chi connectivity index (χ1v) is 11.5. The number of carbonyl (C=O) groups excluding carboxylic acids is 2. The molecule has 0 radical (unpaired) electrons. The monoisotopic (exact) mass is 459 g/mol. The Morgan fingerprint density at radius 3 is 2.56 bits per heavy atom. The summed E-state index contributed by atoms with van der Waals surface area (Å²) in [5.41, 5.74) is 2.91. The standard InChI is InChI=1S/C25H30ClNO5/c1-13-20(24(30)32-15-7-5-6-8-15)21(14-9-16(26)23(29)19(10-14)31-4)22-17(27-13)11-25(2,3)12-18(22)28/h9-10,15,21,27,29H,5-8,11-12H2,1-4H3. The van der Waals surface area contributed by atoms with Gasteiger partial charge in [-0.3, -0.25) is 4.79 Å². The molecular formula is C25H30ClNO5. The molecule has 0 amide bonds. The van der Waals surface area contributed by atoms with Gasteiger partial charge in [-0.15, -0.1) is 0 Å². The highest BCUT2D eigenvalue weighted by Gasteiger charge is 2.44. The largest absolute Gasteiger partial charge is 0.503 e. The average molecular weight is 460 g/mol. The maximum absolute atomic E-state index is 13.4. The number of benzene rings is 1. The van der Waals surface area contributed by atoms with E-state index in [1.807, 2.05) is 6.92 Å². The highest BCUT2D eigenvalue weighted by molar-refractivity contribution is 6.32. The Morgan fingerprint density at radius 2 is 1.91 bits per heavy atom. The van der Waals surface area contributed by atoms with Crippen LogP contribution in [0.4, 0.5) is 0 Å². The van der Waals surface area contributed by atoms with Crippen LogP contribution in [0.1, 0.15) is 70.8 Å². The molecule has 0 bridgehead atoms. The van der Waals surface area contributed by atoms with Crippen LogP contribution < -0.4 is 10.1 Å². The summed E-state index contributed by atoms with van der Waals surface area (Å²) >= 11 is 6.30. The number of hydrogen-bond acceptors (Lipinski definition) is 6. The molecule has 2 aliphatic carbocycles. The minimum absolute atomic E-state index is 0.00409. The SMILES string of the molecule is COc1cc(C2C(C(=O)OC3CCCC3)=C(C)NC3=C2C(=O)CC(C)(C)C3)cc(Cl)c1O. The number of esters is 1. The summed E-state index contributed by atoms with van der Waals surface area (Å²) < 4.78 is 11.2. The number of dihydropyridines is 1. The lowest BCUT2D eigenvalue weighted by Crippen LogP contribution is -2.39. The molecule has 172 valence electrons. The zero-order valence-corrected chi connectivity index (χ0v) is 19.8. The maximum Gasteiger partial charge on any atom is 0.337 e. The molecule has 0 spiro atoms. The zero-order chi connectivity index (χ0) is 23.2.